The second kappa shape index (κ2) is 6.84. The van der Waals surface area contributed by atoms with Crippen LogP contribution in [-0.4, -0.2) is 18.7 Å². The lowest BCUT2D eigenvalue weighted by Crippen LogP contribution is -2.06. The van der Waals surface area contributed by atoms with Crippen LogP contribution < -0.4 is 4.74 Å². The number of hydrogen-bond acceptors (Lipinski definition) is 3. The zero-order valence-electron chi connectivity index (χ0n) is 12.3. The van der Waals surface area contributed by atoms with Crippen LogP contribution in [0.3, 0.4) is 0 Å². The average Bonchev–Trinajstić information content (AvgIpc) is 2.52. The summed E-state index contributed by atoms with van der Waals surface area (Å²) in [6, 6.07) is 14.5. The summed E-state index contributed by atoms with van der Waals surface area (Å²) >= 11 is 0. The summed E-state index contributed by atoms with van der Waals surface area (Å²) in [7, 11) is 1.59. The molecular formula is C18H18O3. The minimum Gasteiger partial charge on any atom is -0.497 e. The van der Waals surface area contributed by atoms with Crippen molar-refractivity contribution in [1.29, 1.82) is 0 Å². The summed E-state index contributed by atoms with van der Waals surface area (Å²) in [5.74, 6) is 0.815. The molecule has 21 heavy (non-hydrogen) atoms. The molecule has 0 atom stereocenters. The summed E-state index contributed by atoms with van der Waals surface area (Å²) < 4.78 is 5.09. The van der Waals surface area contributed by atoms with Gasteiger partial charge in [-0.1, -0.05) is 24.3 Å². The third-order valence-corrected chi connectivity index (χ3v) is 3.36. The zero-order valence-corrected chi connectivity index (χ0v) is 12.3. The highest BCUT2D eigenvalue weighted by Crippen LogP contribution is 2.18. The molecule has 0 heterocycles. The van der Waals surface area contributed by atoms with Gasteiger partial charge in [-0.05, 0) is 43.2 Å². The molecule has 0 aliphatic rings. The number of hydrogen-bond donors (Lipinski definition) is 0. The molecule has 0 saturated heterocycles. The molecule has 0 aromatic heterocycles. The number of methoxy groups -OCH3 is 1. The maximum atomic E-state index is 12.6. The van der Waals surface area contributed by atoms with E-state index >= 15 is 0 Å². The molecule has 0 amide bonds. The number of Topliss-reactive ketones (excluding diaryl/α,β-unsaturated/α-hetero) is 1. The minimum atomic E-state index is -0.0307. The molecule has 2 rings (SSSR count). The lowest BCUT2D eigenvalue weighted by Gasteiger charge is -2.08. The Labute approximate surface area is 124 Å². The van der Waals surface area contributed by atoms with Gasteiger partial charge >= 0.3 is 0 Å². The Morgan fingerprint density at radius 2 is 1.67 bits per heavy atom. The number of ether oxygens (including phenoxy) is 1. The molecule has 0 radical (unpaired) electrons. The van der Waals surface area contributed by atoms with Crippen LogP contribution in [0.5, 0.6) is 5.75 Å². The Hall–Kier alpha value is -2.42. The first-order chi connectivity index (χ1) is 10.1. The predicted octanol–water partition coefficient (Wildman–Crippen LogP) is 3.45. The molecule has 2 aromatic rings. The quantitative estimate of drug-likeness (QED) is 0.762. The van der Waals surface area contributed by atoms with Crippen molar-refractivity contribution < 1.29 is 14.3 Å². The van der Waals surface area contributed by atoms with Gasteiger partial charge in [0.15, 0.2) is 5.78 Å². The monoisotopic (exact) mass is 282 g/mol. The van der Waals surface area contributed by atoms with Crippen molar-refractivity contribution in [3.8, 4) is 5.75 Å². The number of benzene rings is 2. The maximum Gasteiger partial charge on any atom is 0.193 e. The molecule has 0 unspecified atom stereocenters. The van der Waals surface area contributed by atoms with Crippen LogP contribution in [0.15, 0.2) is 48.5 Å². The number of carbonyl (C=O) groups excluding carboxylic acids is 2. The van der Waals surface area contributed by atoms with Crippen molar-refractivity contribution in [3.63, 3.8) is 0 Å². The third-order valence-electron chi connectivity index (χ3n) is 3.36. The van der Waals surface area contributed by atoms with E-state index in [4.69, 9.17) is 4.74 Å². The van der Waals surface area contributed by atoms with Crippen LogP contribution in [0.4, 0.5) is 0 Å². The fourth-order valence-corrected chi connectivity index (χ4v) is 2.17. The molecule has 108 valence electrons. The molecule has 0 saturated carbocycles. The normalized spacial score (nSPS) is 10.2. The number of ketones is 2. The average molecular weight is 282 g/mol. The lowest BCUT2D eigenvalue weighted by molar-refractivity contribution is -0.116. The topological polar surface area (TPSA) is 43.4 Å². The Bertz CT molecular complexity index is 642. The van der Waals surface area contributed by atoms with Gasteiger partial charge in [-0.3, -0.25) is 4.79 Å². The van der Waals surface area contributed by atoms with E-state index in [9.17, 15) is 9.59 Å². The first-order valence-electron chi connectivity index (χ1n) is 6.88. The highest BCUT2D eigenvalue weighted by Gasteiger charge is 2.13. The largest absolute Gasteiger partial charge is 0.497 e. The molecule has 0 fully saturated rings. The van der Waals surface area contributed by atoms with E-state index in [-0.39, 0.29) is 11.6 Å². The van der Waals surface area contributed by atoms with Crippen molar-refractivity contribution in [2.45, 2.75) is 19.8 Å². The van der Waals surface area contributed by atoms with Gasteiger partial charge in [0.2, 0.25) is 0 Å². The third kappa shape index (κ3) is 3.78. The first kappa shape index (κ1) is 15.0. The Morgan fingerprint density at radius 3 is 2.29 bits per heavy atom. The number of rotatable bonds is 6. The van der Waals surface area contributed by atoms with Gasteiger partial charge in [-0.25, -0.2) is 0 Å². The Kier molecular flexibility index (Phi) is 4.88. The van der Waals surface area contributed by atoms with Crippen LogP contribution >= 0.6 is 0 Å². The predicted molar refractivity (Wildman–Crippen MR) is 81.9 cm³/mol. The van der Waals surface area contributed by atoms with Gasteiger partial charge in [-0.2, -0.15) is 0 Å². The molecule has 0 bridgehead atoms. The smallest absolute Gasteiger partial charge is 0.193 e. The molecule has 2 aromatic carbocycles. The van der Waals surface area contributed by atoms with E-state index in [0.29, 0.717) is 24.0 Å². The van der Waals surface area contributed by atoms with Gasteiger partial charge in [-0.15, -0.1) is 0 Å². The van der Waals surface area contributed by atoms with E-state index in [0.717, 1.165) is 11.3 Å². The Balaban J connectivity index is 2.27. The molecule has 0 aliphatic carbocycles. The molecule has 0 N–H and O–H groups in total. The van der Waals surface area contributed by atoms with Crippen LogP contribution in [0.1, 0.15) is 34.8 Å². The molecule has 3 nitrogen and oxygen atoms in total. The van der Waals surface area contributed by atoms with E-state index < -0.39 is 0 Å². The SMILES string of the molecule is COc1ccc(C(=O)c2ccccc2CCC(C)=O)cc1. The highest BCUT2D eigenvalue weighted by atomic mass is 16.5. The standard InChI is InChI=1S/C18H18O3/c1-13(19)7-8-14-5-3-4-6-17(14)18(20)15-9-11-16(21-2)12-10-15/h3-6,9-12H,7-8H2,1-2H3. The second-order valence-corrected chi connectivity index (χ2v) is 4.92. The summed E-state index contributed by atoms with van der Waals surface area (Å²) in [4.78, 5) is 23.7. The fourth-order valence-electron chi connectivity index (χ4n) is 2.17. The summed E-state index contributed by atoms with van der Waals surface area (Å²) in [6.07, 6.45) is 1.04. The summed E-state index contributed by atoms with van der Waals surface area (Å²) in [5, 5.41) is 0. The van der Waals surface area contributed by atoms with Crippen molar-refractivity contribution in [1.82, 2.24) is 0 Å². The molecular weight excluding hydrogens is 264 g/mol. The van der Waals surface area contributed by atoms with E-state index in [1.165, 1.54) is 0 Å². The van der Waals surface area contributed by atoms with Crippen LogP contribution in [0, 0.1) is 0 Å². The van der Waals surface area contributed by atoms with Gasteiger partial charge in [0.05, 0.1) is 7.11 Å². The maximum absolute atomic E-state index is 12.6. The fraction of sp³-hybridized carbons (Fsp3) is 0.222. The van der Waals surface area contributed by atoms with Crippen molar-refractivity contribution in [2.24, 2.45) is 0 Å². The van der Waals surface area contributed by atoms with Crippen molar-refractivity contribution in [2.75, 3.05) is 7.11 Å². The minimum absolute atomic E-state index is 0.0307. The summed E-state index contributed by atoms with van der Waals surface area (Å²) in [6.45, 7) is 1.56. The van der Waals surface area contributed by atoms with Gasteiger partial charge < -0.3 is 9.53 Å². The van der Waals surface area contributed by atoms with E-state index in [2.05, 4.69) is 0 Å². The number of carbonyl (C=O) groups is 2. The van der Waals surface area contributed by atoms with Crippen molar-refractivity contribution >= 4 is 11.6 Å². The van der Waals surface area contributed by atoms with Crippen molar-refractivity contribution in [3.05, 3.63) is 65.2 Å². The van der Waals surface area contributed by atoms with Crippen LogP contribution in [-0.2, 0) is 11.2 Å². The molecule has 0 aliphatic heterocycles. The zero-order chi connectivity index (χ0) is 15.2. The Morgan fingerprint density at radius 1 is 1.00 bits per heavy atom. The molecule has 0 spiro atoms. The first-order valence-corrected chi connectivity index (χ1v) is 6.88. The lowest BCUT2D eigenvalue weighted by atomic mass is 9.95. The highest BCUT2D eigenvalue weighted by molar-refractivity contribution is 6.10. The van der Waals surface area contributed by atoms with E-state index in [1.807, 2.05) is 24.3 Å². The van der Waals surface area contributed by atoms with Gasteiger partial charge in [0, 0.05) is 17.5 Å². The van der Waals surface area contributed by atoms with Crippen LogP contribution in [0.25, 0.3) is 0 Å². The second-order valence-electron chi connectivity index (χ2n) is 4.92. The van der Waals surface area contributed by atoms with Crippen LogP contribution in [0.2, 0.25) is 0 Å². The van der Waals surface area contributed by atoms with Gasteiger partial charge in [0.1, 0.15) is 11.5 Å². The molecule has 3 heteroatoms. The summed E-state index contributed by atoms with van der Waals surface area (Å²) in [5.41, 5.74) is 2.18. The van der Waals surface area contributed by atoms with Gasteiger partial charge in [0.25, 0.3) is 0 Å². The number of aryl methyl sites for hydroxylation is 1. The van der Waals surface area contributed by atoms with E-state index in [1.54, 1.807) is 38.3 Å².